The molecule has 1 amide bonds. The fraction of sp³-hybridized carbons (Fsp3) is 0.345. The summed E-state index contributed by atoms with van der Waals surface area (Å²) in [5.41, 5.74) is 3.72. The van der Waals surface area contributed by atoms with Crippen LogP contribution < -0.4 is 9.47 Å². The van der Waals surface area contributed by atoms with Crippen LogP contribution in [0.25, 0.3) is 21.5 Å². The van der Waals surface area contributed by atoms with Crippen LogP contribution in [0, 0.1) is 6.92 Å². The monoisotopic (exact) mass is 535 g/mol. The van der Waals surface area contributed by atoms with Crippen LogP contribution in [-0.4, -0.2) is 58.7 Å². The van der Waals surface area contributed by atoms with Crippen molar-refractivity contribution in [1.29, 1.82) is 0 Å². The van der Waals surface area contributed by atoms with E-state index >= 15 is 0 Å². The highest BCUT2D eigenvalue weighted by Gasteiger charge is 2.18. The van der Waals surface area contributed by atoms with Gasteiger partial charge in [0.05, 0.1) is 18.9 Å². The average molecular weight is 536 g/mol. The van der Waals surface area contributed by atoms with Crippen LogP contribution in [0.3, 0.4) is 0 Å². The lowest BCUT2D eigenvalue weighted by Gasteiger charge is -2.13. The highest BCUT2D eigenvalue weighted by atomic mass is 32.1. The van der Waals surface area contributed by atoms with Crippen molar-refractivity contribution >= 4 is 34.1 Å². The molecule has 0 saturated carbocycles. The van der Waals surface area contributed by atoms with Crippen molar-refractivity contribution in [2.45, 2.75) is 39.7 Å². The summed E-state index contributed by atoms with van der Waals surface area (Å²) in [6.45, 7) is 4.96. The van der Waals surface area contributed by atoms with E-state index in [1.807, 2.05) is 43.3 Å². The number of hydrogen-bond donors (Lipinski definition) is 1. The molecule has 0 radical (unpaired) electrons. The van der Waals surface area contributed by atoms with Gasteiger partial charge in [0.25, 0.3) is 5.91 Å². The van der Waals surface area contributed by atoms with Crippen molar-refractivity contribution in [3.63, 3.8) is 0 Å². The third-order valence-corrected chi connectivity index (χ3v) is 7.28. The van der Waals surface area contributed by atoms with Crippen LogP contribution in [0.15, 0.2) is 48.7 Å². The maximum Gasteiger partial charge on any atom is 0.323 e. The van der Waals surface area contributed by atoms with Gasteiger partial charge in [0.1, 0.15) is 27.9 Å². The van der Waals surface area contributed by atoms with E-state index < -0.39 is 5.97 Å². The number of ether oxygens (including phenoxy) is 2. The molecule has 1 N–H and O–H groups in total. The SMILES string of the molecule is CCCc1cc(-c2nc(C)c(C(=O)N(C)C)s2)ccc1OCCCOc1ccc2c(ccn2CC(=O)O)c1. The highest BCUT2D eigenvalue weighted by Crippen LogP contribution is 2.32. The molecule has 0 aliphatic carbocycles. The van der Waals surface area contributed by atoms with Gasteiger partial charge in [0.15, 0.2) is 0 Å². The molecule has 0 aliphatic heterocycles. The molecular weight excluding hydrogens is 502 g/mol. The van der Waals surface area contributed by atoms with E-state index in [4.69, 9.17) is 14.6 Å². The van der Waals surface area contributed by atoms with Crippen LogP contribution in [-0.2, 0) is 17.8 Å². The Hall–Kier alpha value is -3.85. The summed E-state index contributed by atoms with van der Waals surface area (Å²) in [7, 11) is 3.50. The zero-order valence-electron chi connectivity index (χ0n) is 22.2. The third kappa shape index (κ3) is 6.34. The molecule has 8 nitrogen and oxygen atoms in total. The molecule has 0 fully saturated rings. The summed E-state index contributed by atoms with van der Waals surface area (Å²) in [5, 5.41) is 10.8. The number of fused-ring (bicyclic) bond motifs is 1. The largest absolute Gasteiger partial charge is 0.493 e. The van der Waals surface area contributed by atoms with Crippen molar-refractivity contribution in [3.05, 3.63) is 64.8 Å². The fourth-order valence-corrected chi connectivity index (χ4v) is 5.31. The molecule has 4 aromatic rings. The number of carboxylic acids is 1. The van der Waals surface area contributed by atoms with E-state index in [0.29, 0.717) is 24.5 Å². The Bertz CT molecular complexity index is 1440. The molecule has 9 heteroatoms. The Morgan fingerprint density at radius 2 is 1.87 bits per heavy atom. The molecule has 0 atom stereocenters. The molecule has 0 spiro atoms. The maximum atomic E-state index is 12.4. The molecule has 2 heterocycles. The quantitative estimate of drug-likeness (QED) is 0.235. The Kier molecular flexibility index (Phi) is 8.68. The van der Waals surface area contributed by atoms with Gasteiger partial charge in [-0.2, -0.15) is 0 Å². The average Bonchev–Trinajstić information content (AvgIpc) is 3.46. The number of carbonyl (C=O) groups excluding carboxylic acids is 1. The van der Waals surface area contributed by atoms with Crippen LogP contribution in [0.1, 0.15) is 40.7 Å². The lowest BCUT2D eigenvalue weighted by molar-refractivity contribution is -0.137. The van der Waals surface area contributed by atoms with Gasteiger partial charge >= 0.3 is 5.97 Å². The van der Waals surface area contributed by atoms with Crippen molar-refractivity contribution < 1.29 is 24.2 Å². The van der Waals surface area contributed by atoms with Crippen LogP contribution in [0.5, 0.6) is 11.5 Å². The number of nitrogens with zero attached hydrogens (tertiary/aromatic N) is 3. The number of rotatable bonds is 12. The molecule has 0 bridgehead atoms. The minimum absolute atomic E-state index is 0.0290. The minimum Gasteiger partial charge on any atom is -0.493 e. The molecular formula is C29H33N3O5S. The number of aryl methyl sites for hydroxylation is 2. The second-order valence-electron chi connectivity index (χ2n) is 9.31. The molecule has 0 aliphatic rings. The second-order valence-corrected chi connectivity index (χ2v) is 10.3. The summed E-state index contributed by atoms with van der Waals surface area (Å²) < 4.78 is 13.7. The summed E-state index contributed by atoms with van der Waals surface area (Å²) in [5.74, 6) is 0.698. The van der Waals surface area contributed by atoms with Gasteiger partial charge in [0, 0.05) is 43.2 Å². The van der Waals surface area contributed by atoms with E-state index in [-0.39, 0.29) is 12.5 Å². The Labute approximate surface area is 226 Å². The zero-order valence-corrected chi connectivity index (χ0v) is 23.0. The first-order valence-electron chi connectivity index (χ1n) is 12.7. The Balaban J connectivity index is 1.35. The van der Waals surface area contributed by atoms with Gasteiger partial charge in [0.2, 0.25) is 0 Å². The molecule has 0 unspecified atom stereocenters. The lowest BCUT2D eigenvalue weighted by atomic mass is 10.1. The lowest BCUT2D eigenvalue weighted by Crippen LogP contribution is -2.21. The normalized spacial score (nSPS) is 11.1. The highest BCUT2D eigenvalue weighted by molar-refractivity contribution is 7.17. The van der Waals surface area contributed by atoms with E-state index in [1.54, 1.807) is 29.8 Å². The molecule has 2 aromatic carbocycles. The molecule has 38 heavy (non-hydrogen) atoms. The van der Waals surface area contributed by atoms with E-state index in [0.717, 1.165) is 57.1 Å². The van der Waals surface area contributed by atoms with Crippen molar-refractivity contribution in [1.82, 2.24) is 14.5 Å². The van der Waals surface area contributed by atoms with Crippen LogP contribution in [0.2, 0.25) is 0 Å². The number of benzene rings is 2. The van der Waals surface area contributed by atoms with E-state index in [2.05, 4.69) is 18.0 Å². The topological polar surface area (TPSA) is 93.9 Å². The fourth-order valence-electron chi connectivity index (χ4n) is 4.22. The third-order valence-electron chi connectivity index (χ3n) is 6.09. The number of carbonyl (C=O) groups is 2. The first-order chi connectivity index (χ1) is 18.3. The van der Waals surface area contributed by atoms with E-state index in [1.165, 1.54) is 11.3 Å². The van der Waals surface area contributed by atoms with Gasteiger partial charge in [-0.25, -0.2) is 4.98 Å². The van der Waals surface area contributed by atoms with Gasteiger partial charge in [-0.15, -0.1) is 11.3 Å². The number of amides is 1. The number of aliphatic carboxylic acids is 1. The summed E-state index contributed by atoms with van der Waals surface area (Å²) in [4.78, 5) is 30.3. The molecule has 0 saturated heterocycles. The standard InChI is InChI=1S/C29H33N3O5S/c1-5-7-21-16-22(28-30-19(2)27(38-28)29(35)31(3)4)8-11-25(21)37-15-6-14-36-23-9-10-24-20(17-23)12-13-32(24)18-26(33)34/h8-13,16-17H,5-7,14-15,18H2,1-4H3,(H,33,34). The second kappa shape index (κ2) is 12.1. The summed E-state index contributed by atoms with van der Waals surface area (Å²) >= 11 is 1.42. The molecule has 4 rings (SSSR count). The smallest absolute Gasteiger partial charge is 0.323 e. The van der Waals surface area contributed by atoms with Gasteiger partial charge in [-0.1, -0.05) is 13.3 Å². The zero-order chi connectivity index (χ0) is 27.2. The Morgan fingerprint density at radius 1 is 1.08 bits per heavy atom. The Morgan fingerprint density at radius 3 is 2.61 bits per heavy atom. The first-order valence-corrected chi connectivity index (χ1v) is 13.5. The van der Waals surface area contributed by atoms with Gasteiger partial charge < -0.3 is 24.0 Å². The van der Waals surface area contributed by atoms with Crippen molar-refractivity contribution in [2.24, 2.45) is 0 Å². The number of hydrogen-bond acceptors (Lipinski definition) is 6. The molecule has 2 aromatic heterocycles. The van der Waals surface area contributed by atoms with E-state index in [9.17, 15) is 9.59 Å². The van der Waals surface area contributed by atoms with Crippen LogP contribution >= 0.6 is 11.3 Å². The maximum absolute atomic E-state index is 12.4. The van der Waals surface area contributed by atoms with Gasteiger partial charge in [-0.05, 0) is 61.4 Å². The number of aromatic nitrogens is 2. The predicted molar refractivity (Wildman–Crippen MR) is 149 cm³/mol. The van der Waals surface area contributed by atoms with Gasteiger partial charge in [-0.3, -0.25) is 9.59 Å². The molecule has 200 valence electrons. The first kappa shape index (κ1) is 27.2. The number of carboxylic acid groups (broad SMARTS) is 1. The minimum atomic E-state index is -0.872. The number of thiazole rings is 1. The summed E-state index contributed by atoms with van der Waals surface area (Å²) in [6, 6.07) is 13.7. The predicted octanol–water partition coefficient (Wildman–Crippen LogP) is 5.66. The van der Waals surface area contributed by atoms with Crippen LogP contribution in [0.4, 0.5) is 0 Å². The van der Waals surface area contributed by atoms with Crippen molar-refractivity contribution in [3.8, 4) is 22.1 Å². The van der Waals surface area contributed by atoms with Crippen molar-refractivity contribution in [2.75, 3.05) is 27.3 Å². The summed E-state index contributed by atoms with van der Waals surface area (Å²) in [6.07, 6.45) is 4.36.